The Morgan fingerprint density at radius 2 is 1.90 bits per heavy atom. The van der Waals surface area contributed by atoms with Crippen LogP contribution in [0.5, 0.6) is 0 Å². The number of hydrogen-bond donors (Lipinski definition) is 2. The predicted molar refractivity (Wildman–Crippen MR) is 125 cm³/mol. The number of aryl methyl sites for hydroxylation is 1. The SMILES string of the molecule is Cc1cc(NC2CCCC2)ccc1Nc1nc(-c2ccc(-n3ccnc3)cc2)cs1. The maximum absolute atomic E-state index is 4.79. The van der Waals surface area contributed by atoms with Crippen molar-refractivity contribution in [3.63, 3.8) is 0 Å². The number of aromatic nitrogens is 3. The molecule has 4 aromatic rings. The average Bonchev–Trinajstić information content (AvgIpc) is 3.53. The van der Waals surface area contributed by atoms with Crippen molar-refractivity contribution in [3.8, 4) is 16.9 Å². The van der Waals surface area contributed by atoms with Gasteiger partial charge in [-0.3, -0.25) is 0 Å². The summed E-state index contributed by atoms with van der Waals surface area (Å²) in [4.78, 5) is 8.89. The molecule has 1 aliphatic rings. The molecule has 5 rings (SSSR count). The van der Waals surface area contributed by atoms with Crippen LogP contribution in [-0.2, 0) is 0 Å². The molecule has 6 heteroatoms. The van der Waals surface area contributed by atoms with E-state index in [1.165, 1.54) is 36.9 Å². The second-order valence-electron chi connectivity index (χ2n) is 7.84. The fourth-order valence-corrected chi connectivity index (χ4v) is 4.73. The van der Waals surface area contributed by atoms with E-state index in [1.807, 2.05) is 10.8 Å². The van der Waals surface area contributed by atoms with Crippen LogP contribution >= 0.6 is 11.3 Å². The highest BCUT2D eigenvalue weighted by atomic mass is 32.1. The number of hydrogen-bond acceptors (Lipinski definition) is 5. The van der Waals surface area contributed by atoms with Crippen molar-refractivity contribution in [2.24, 2.45) is 0 Å². The lowest BCUT2D eigenvalue weighted by molar-refractivity contribution is 0.755. The fraction of sp³-hybridized carbons (Fsp3) is 0.250. The lowest BCUT2D eigenvalue weighted by atomic mass is 10.1. The predicted octanol–water partition coefficient (Wildman–Crippen LogP) is 6.40. The summed E-state index contributed by atoms with van der Waals surface area (Å²) in [5, 5.41) is 10.2. The summed E-state index contributed by atoms with van der Waals surface area (Å²) in [6.45, 7) is 2.14. The molecule has 0 aliphatic heterocycles. The third kappa shape index (κ3) is 4.09. The van der Waals surface area contributed by atoms with Crippen molar-refractivity contribution in [3.05, 3.63) is 72.1 Å². The smallest absolute Gasteiger partial charge is 0.187 e. The summed E-state index contributed by atoms with van der Waals surface area (Å²) >= 11 is 1.63. The van der Waals surface area contributed by atoms with Crippen molar-refractivity contribution in [1.82, 2.24) is 14.5 Å². The van der Waals surface area contributed by atoms with Crippen LogP contribution in [0.2, 0.25) is 0 Å². The summed E-state index contributed by atoms with van der Waals surface area (Å²) in [5.74, 6) is 0. The van der Waals surface area contributed by atoms with E-state index >= 15 is 0 Å². The first-order valence-electron chi connectivity index (χ1n) is 10.4. The Kier molecular flexibility index (Phi) is 5.24. The van der Waals surface area contributed by atoms with Crippen molar-refractivity contribution >= 4 is 27.8 Å². The van der Waals surface area contributed by atoms with E-state index in [-0.39, 0.29) is 0 Å². The summed E-state index contributed by atoms with van der Waals surface area (Å²) in [6.07, 6.45) is 10.8. The molecule has 0 saturated heterocycles. The van der Waals surface area contributed by atoms with Gasteiger partial charge < -0.3 is 15.2 Å². The minimum atomic E-state index is 0.630. The number of imidazole rings is 1. The van der Waals surface area contributed by atoms with Gasteiger partial charge in [-0.15, -0.1) is 11.3 Å². The van der Waals surface area contributed by atoms with Crippen LogP contribution in [0.1, 0.15) is 31.2 Å². The van der Waals surface area contributed by atoms with E-state index in [1.54, 1.807) is 23.9 Å². The van der Waals surface area contributed by atoms with Crippen LogP contribution < -0.4 is 10.6 Å². The Hall–Kier alpha value is -3.12. The summed E-state index contributed by atoms with van der Waals surface area (Å²) < 4.78 is 1.99. The first-order chi connectivity index (χ1) is 14.7. The number of anilines is 3. The molecular weight excluding hydrogens is 390 g/mol. The summed E-state index contributed by atoms with van der Waals surface area (Å²) in [7, 11) is 0. The summed E-state index contributed by atoms with van der Waals surface area (Å²) in [5.41, 5.74) is 6.71. The highest BCUT2D eigenvalue weighted by Crippen LogP contribution is 2.30. The van der Waals surface area contributed by atoms with E-state index in [0.29, 0.717) is 6.04 Å². The Labute approximate surface area is 180 Å². The van der Waals surface area contributed by atoms with Crippen LogP contribution in [0, 0.1) is 6.92 Å². The Morgan fingerprint density at radius 1 is 1.07 bits per heavy atom. The molecule has 30 heavy (non-hydrogen) atoms. The molecule has 0 spiro atoms. The van der Waals surface area contributed by atoms with Gasteiger partial charge in [-0.05, 0) is 55.7 Å². The first kappa shape index (κ1) is 18.9. The van der Waals surface area contributed by atoms with Crippen LogP contribution in [0.3, 0.4) is 0 Å². The van der Waals surface area contributed by atoms with Gasteiger partial charge >= 0.3 is 0 Å². The van der Waals surface area contributed by atoms with Gasteiger partial charge in [0.05, 0.1) is 12.0 Å². The van der Waals surface area contributed by atoms with Crippen LogP contribution in [0.15, 0.2) is 66.6 Å². The lowest BCUT2D eigenvalue weighted by Crippen LogP contribution is -2.14. The zero-order valence-electron chi connectivity index (χ0n) is 17.0. The van der Waals surface area contributed by atoms with E-state index in [0.717, 1.165) is 27.8 Å². The van der Waals surface area contributed by atoms with Gasteiger partial charge in [-0.2, -0.15) is 0 Å². The molecule has 0 radical (unpaired) electrons. The van der Waals surface area contributed by atoms with Crippen LogP contribution in [0.25, 0.3) is 16.9 Å². The van der Waals surface area contributed by atoms with Crippen molar-refractivity contribution in [2.45, 2.75) is 38.6 Å². The van der Waals surface area contributed by atoms with Gasteiger partial charge in [-0.1, -0.05) is 25.0 Å². The lowest BCUT2D eigenvalue weighted by Gasteiger charge is -2.15. The molecule has 0 bridgehead atoms. The molecule has 2 N–H and O–H groups in total. The number of nitrogens with zero attached hydrogens (tertiary/aromatic N) is 3. The van der Waals surface area contributed by atoms with Crippen molar-refractivity contribution in [2.75, 3.05) is 10.6 Å². The number of nitrogens with one attached hydrogen (secondary N) is 2. The topological polar surface area (TPSA) is 54.8 Å². The molecule has 5 nitrogen and oxygen atoms in total. The van der Waals surface area contributed by atoms with Gasteiger partial charge in [0.25, 0.3) is 0 Å². The highest BCUT2D eigenvalue weighted by Gasteiger charge is 2.15. The van der Waals surface area contributed by atoms with E-state index in [2.05, 4.69) is 70.4 Å². The van der Waals surface area contributed by atoms with E-state index < -0.39 is 0 Å². The van der Waals surface area contributed by atoms with Gasteiger partial charge in [0.2, 0.25) is 0 Å². The van der Waals surface area contributed by atoms with Gasteiger partial charge in [0, 0.05) is 46.4 Å². The van der Waals surface area contributed by atoms with Gasteiger partial charge in [-0.25, -0.2) is 9.97 Å². The second-order valence-corrected chi connectivity index (χ2v) is 8.69. The quantitative estimate of drug-likeness (QED) is 0.382. The zero-order valence-corrected chi connectivity index (χ0v) is 17.8. The van der Waals surface area contributed by atoms with Crippen molar-refractivity contribution in [1.29, 1.82) is 0 Å². The maximum Gasteiger partial charge on any atom is 0.187 e. The molecule has 0 amide bonds. The van der Waals surface area contributed by atoms with Crippen LogP contribution in [-0.4, -0.2) is 20.6 Å². The second kappa shape index (κ2) is 8.32. The largest absolute Gasteiger partial charge is 0.382 e. The molecular formula is C24H25N5S. The summed E-state index contributed by atoms with van der Waals surface area (Å²) in [6, 6.07) is 15.5. The Morgan fingerprint density at radius 3 is 2.63 bits per heavy atom. The molecule has 1 fully saturated rings. The number of thiazole rings is 1. The number of benzene rings is 2. The molecule has 152 valence electrons. The van der Waals surface area contributed by atoms with Crippen LogP contribution in [0.4, 0.5) is 16.5 Å². The third-order valence-corrected chi connectivity index (χ3v) is 6.42. The third-order valence-electron chi connectivity index (χ3n) is 5.66. The molecule has 2 heterocycles. The van der Waals surface area contributed by atoms with Crippen molar-refractivity contribution < 1.29 is 0 Å². The highest BCUT2D eigenvalue weighted by molar-refractivity contribution is 7.14. The monoisotopic (exact) mass is 415 g/mol. The zero-order chi connectivity index (χ0) is 20.3. The molecule has 1 saturated carbocycles. The fourth-order valence-electron chi connectivity index (χ4n) is 3.99. The minimum Gasteiger partial charge on any atom is -0.382 e. The average molecular weight is 416 g/mol. The molecule has 0 unspecified atom stereocenters. The minimum absolute atomic E-state index is 0.630. The molecule has 2 aromatic carbocycles. The molecule has 1 aliphatic carbocycles. The Bertz CT molecular complexity index is 1110. The Balaban J connectivity index is 1.27. The van der Waals surface area contributed by atoms with Gasteiger partial charge in [0.1, 0.15) is 0 Å². The number of rotatable bonds is 6. The standard InChI is InChI=1S/C24H25N5S/c1-17-14-20(26-19-4-2-3-5-19)8-11-22(17)27-24-28-23(15-30-24)18-6-9-21(10-7-18)29-13-12-25-16-29/h6-16,19,26H,2-5H2,1H3,(H,27,28). The maximum atomic E-state index is 4.79. The first-order valence-corrected chi connectivity index (χ1v) is 11.3. The van der Waals surface area contributed by atoms with E-state index in [9.17, 15) is 0 Å². The molecule has 2 aromatic heterocycles. The normalized spacial score (nSPS) is 14.2. The molecule has 0 atom stereocenters. The van der Waals surface area contributed by atoms with E-state index in [4.69, 9.17) is 4.98 Å². The van der Waals surface area contributed by atoms with Gasteiger partial charge in [0.15, 0.2) is 5.13 Å².